The van der Waals surface area contributed by atoms with Crippen LogP contribution >= 0.6 is 0 Å². The number of rotatable bonds is 5. The van der Waals surface area contributed by atoms with Crippen LogP contribution in [0, 0.1) is 5.92 Å². The van der Waals surface area contributed by atoms with E-state index in [9.17, 15) is 14.7 Å². The highest BCUT2D eigenvalue weighted by Crippen LogP contribution is 2.32. The van der Waals surface area contributed by atoms with Crippen molar-refractivity contribution >= 4 is 12.0 Å². The van der Waals surface area contributed by atoms with Gasteiger partial charge in [-0.05, 0) is 31.4 Å². The average Bonchev–Trinajstić information content (AvgIpc) is 2.70. The summed E-state index contributed by atoms with van der Waals surface area (Å²) in [6.45, 7) is 3.47. The molecule has 0 unspecified atom stereocenters. The fourth-order valence-corrected chi connectivity index (χ4v) is 3.49. The molecule has 1 aliphatic rings. The third-order valence-corrected chi connectivity index (χ3v) is 5.28. The summed E-state index contributed by atoms with van der Waals surface area (Å²) < 4.78 is 5.61. The summed E-state index contributed by atoms with van der Waals surface area (Å²) in [7, 11) is 1.69. The van der Waals surface area contributed by atoms with E-state index >= 15 is 0 Å². The van der Waals surface area contributed by atoms with E-state index in [4.69, 9.17) is 4.74 Å². The van der Waals surface area contributed by atoms with Gasteiger partial charge in [0.2, 0.25) is 0 Å². The molecule has 0 spiro atoms. The van der Waals surface area contributed by atoms with Gasteiger partial charge in [0, 0.05) is 7.05 Å². The van der Waals surface area contributed by atoms with Crippen LogP contribution in [0.1, 0.15) is 31.1 Å². The van der Waals surface area contributed by atoms with Crippen molar-refractivity contribution in [2.45, 2.75) is 38.5 Å². The number of nitrogens with zero attached hydrogens (tertiary/aromatic N) is 2. The Labute approximate surface area is 165 Å². The van der Waals surface area contributed by atoms with E-state index in [-0.39, 0.29) is 6.04 Å². The van der Waals surface area contributed by atoms with E-state index in [1.165, 1.54) is 0 Å². The standard InChI is InChI=1S/C22H26N2O4/c1-15-20(18-12-8-5-9-13-18)28-22(27)24(23(15)3)21(26)19(16(2)25)14-17-10-6-4-7-11-17/h4-13,15-16,19-20,25H,14H2,1-3H3/t15-,16-,19-,20-/m0/s1. The molecule has 0 bridgehead atoms. The quantitative estimate of drug-likeness (QED) is 0.860. The van der Waals surface area contributed by atoms with E-state index in [0.717, 1.165) is 16.1 Å². The van der Waals surface area contributed by atoms with Crippen molar-refractivity contribution in [1.82, 2.24) is 10.0 Å². The number of hydrogen-bond acceptors (Lipinski definition) is 5. The zero-order chi connectivity index (χ0) is 20.3. The minimum Gasteiger partial charge on any atom is -0.438 e. The Kier molecular flexibility index (Phi) is 6.11. The molecule has 4 atom stereocenters. The number of hydrogen-bond donors (Lipinski definition) is 1. The number of carbonyl (C=O) groups is 2. The lowest BCUT2D eigenvalue weighted by molar-refractivity contribution is -0.169. The Bertz CT molecular complexity index is 810. The summed E-state index contributed by atoms with van der Waals surface area (Å²) in [6, 6.07) is 18.7. The molecule has 0 saturated carbocycles. The van der Waals surface area contributed by atoms with Crippen LogP contribution in [0.3, 0.4) is 0 Å². The fourth-order valence-electron chi connectivity index (χ4n) is 3.49. The third kappa shape index (κ3) is 4.08. The molecule has 2 aromatic rings. The molecule has 2 aromatic carbocycles. The first-order chi connectivity index (χ1) is 13.4. The van der Waals surface area contributed by atoms with Gasteiger partial charge in [-0.15, -0.1) is 0 Å². The fraction of sp³-hybridized carbons (Fsp3) is 0.364. The van der Waals surface area contributed by atoms with Crippen molar-refractivity contribution in [3.05, 3.63) is 71.8 Å². The van der Waals surface area contributed by atoms with Gasteiger partial charge >= 0.3 is 6.09 Å². The first-order valence-corrected chi connectivity index (χ1v) is 9.44. The summed E-state index contributed by atoms with van der Waals surface area (Å²) in [5, 5.41) is 12.8. The Morgan fingerprint density at radius 2 is 1.68 bits per heavy atom. The van der Waals surface area contributed by atoms with Gasteiger partial charge in [0.15, 0.2) is 0 Å². The molecule has 2 amide bonds. The minimum atomic E-state index is -0.906. The third-order valence-electron chi connectivity index (χ3n) is 5.28. The monoisotopic (exact) mass is 382 g/mol. The molecule has 1 saturated heterocycles. The second-order valence-electron chi connectivity index (χ2n) is 7.22. The largest absolute Gasteiger partial charge is 0.438 e. The van der Waals surface area contributed by atoms with Crippen molar-refractivity contribution in [3.8, 4) is 0 Å². The summed E-state index contributed by atoms with van der Waals surface area (Å²) in [4.78, 5) is 25.9. The number of hydrazine groups is 1. The Balaban J connectivity index is 1.81. The smallest absolute Gasteiger partial charge is 0.432 e. The molecular formula is C22H26N2O4. The topological polar surface area (TPSA) is 70.1 Å². The van der Waals surface area contributed by atoms with Gasteiger partial charge in [0.25, 0.3) is 5.91 Å². The van der Waals surface area contributed by atoms with Crippen molar-refractivity contribution in [1.29, 1.82) is 0 Å². The van der Waals surface area contributed by atoms with Crippen molar-refractivity contribution in [2.75, 3.05) is 7.05 Å². The Hall–Kier alpha value is -2.70. The number of imide groups is 1. The average molecular weight is 382 g/mol. The summed E-state index contributed by atoms with van der Waals surface area (Å²) in [5.74, 6) is -1.22. The Morgan fingerprint density at radius 1 is 1.11 bits per heavy atom. The number of likely N-dealkylation sites (N-methyl/N-ethyl adjacent to an activating group) is 1. The van der Waals surface area contributed by atoms with Crippen LogP contribution in [0.15, 0.2) is 60.7 Å². The molecule has 3 rings (SSSR count). The predicted molar refractivity (Wildman–Crippen MR) is 105 cm³/mol. The SMILES string of the molecule is C[C@H](O)[C@H](Cc1ccccc1)C(=O)N1C(=O)O[C@H](c2ccccc2)[C@H](C)N1C. The molecule has 1 aliphatic heterocycles. The van der Waals surface area contributed by atoms with Gasteiger partial charge in [-0.2, -0.15) is 5.01 Å². The van der Waals surface area contributed by atoms with E-state index < -0.39 is 30.1 Å². The maximum atomic E-state index is 13.2. The molecule has 1 N–H and O–H groups in total. The van der Waals surface area contributed by atoms with E-state index in [2.05, 4.69) is 0 Å². The number of ether oxygens (including phenoxy) is 1. The first kappa shape index (κ1) is 20.0. The molecule has 1 heterocycles. The van der Waals surface area contributed by atoms with E-state index in [0.29, 0.717) is 6.42 Å². The van der Waals surface area contributed by atoms with Gasteiger partial charge < -0.3 is 9.84 Å². The molecule has 6 nitrogen and oxygen atoms in total. The molecule has 6 heteroatoms. The highest BCUT2D eigenvalue weighted by Gasteiger charge is 2.44. The molecule has 0 radical (unpaired) electrons. The zero-order valence-corrected chi connectivity index (χ0v) is 16.4. The highest BCUT2D eigenvalue weighted by atomic mass is 16.6. The molecule has 0 aliphatic carbocycles. The predicted octanol–water partition coefficient (Wildman–Crippen LogP) is 3.18. The maximum Gasteiger partial charge on any atom is 0.432 e. The highest BCUT2D eigenvalue weighted by molar-refractivity contribution is 5.93. The Morgan fingerprint density at radius 3 is 2.25 bits per heavy atom. The lowest BCUT2D eigenvalue weighted by Gasteiger charge is -2.43. The van der Waals surface area contributed by atoms with Gasteiger partial charge in [0.05, 0.1) is 18.1 Å². The molecule has 0 aromatic heterocycles. The zero-order valence-electron chi connectivity index (χ0n) is 16.4. The van der Waals surface area contributed by atoms with Crippen LogP contribution in [0.2, 0.25) is 0 Å². The van der Waals surface area contributed by atoms with Crippen LogP contribution in [0.4, 0.5) is 4.79 Å². The number of carbonyl (C=O) groups excluding carboxylic acids is 2. The lowest BCUT2D eigenvalue weighted by Crippen LogP contribution is -2.60. The summed E-state index contributed by atoms with van der Waals surface area (Å²) in [6.07, 6.45) is -1.76. The number of cyclic esters (lactones) is 1. The number of aliphatic hydroxyl groups excluding tert-OH is 1. The summed E-state index contributed by atoms with van der Waals surface area (Å²) in [5.41, 5.74) is 1.80. The van der Waals surface area contributed by atoms with Crippen molar-refractivity contribution in [2.24, 2.45) is 5.92 Å². The van der Waals surface area contributed by atoms with Gasteiger partial charge in [-0.1, -0.05) is 60.7 Å². The number of amides is 2. The second-order valence-corrected chi connectivity index (χ2v) is 7.22. The molecule has 28 heavy (non-hydrogen) atoms. The van der Waals surface area contributed by atoms with Crippen LogP contribution in [0.25, 0.3) is 0 Å². The van der Waals surface area contributed by atoms with Crippen molar-refractivity contribution in [3.63, 3.8) is 0 Å². The van der Waals surface area contributed by atoms with Crippen LogP contribution < -0.4 is 0 Å². The molecule has 148 valence electrons. The lowest BCUT2D eigenvalue weighted by atomic mass is 9.93. The molecule has 1 fully saturated rings. The summed E-state index contributed by atoms with van der Waals surface area (Å²) >= 11 is 0. The van der Waals surface area contributed by atoms with Gasteiger partial charge in [-0.3, -0.25) is 4.79 Å². The molecular weight excluding hydrogens is 356 g/mol. The van der Waals surface area contributed by atoms with Gasteiger partial charge in [0.1, 0.15) is 6.10 Å². The van der Waals surface area contributed by atoms with E-state index in [1.54, 1.807) is 19.0 Å². The van der Waals surface area contributed by atoms with Crippen LogP contribution in [-0.2, 0) is 16.0 Å². The maximum absolute atomic E-state index is 13.2. The van der Waals surface area contributed by atoms with Crippen molar-refractivity contribution < 1.29 is 19.4 Å². The second kappa shape index (κ2) is 8.54. The number of aliphatic hydroxyl groups is 1. The van der Waals surface area contributed by atoms with Crippen LogP contribution in [-0.4, -0.2) is 46.3 Å². The first-order valence-electron chi connectivity index (χ1n) is 9.44. The number of benzene rings is 2. The normalized spacial score (nSPS) is 22.4. The van der Waals surface area contributed by atoms with E-state index in [1.807, 2.05) is 67.6 Å². The minimum absolute atomic E-state index is 0.240. The van der Waals surface area contributed by atoms with Crippen LogP contribution in [0.5, 0.6) is 0 Å². The van der Waals surface area contributed by atoms with Gasteiger partial charge in [-0.25, -0.2) is 9.80 Å².